The summed E-state index contributed by atoms with van der Waals surface area (Å²) < 4.78 is 5.38. The topological polar surface area (TPSA) is 99.8 Å². The Hall–Kier alpha value is -2.45. The molecule has 2 fully saturated rings. The van der Waals surface area contributed by atoms with Gasteiger partial charge in [0.2, 0.25) is 5.91 Å². The van der Waals surface area contributed by atoms with Crippen molar-refractivity contribution >= 4 is 17.8 Å². The number of piperidine rings is 1. The summed E-state index contributed by atoms with van der Waals surface area (Å²) in [5.41, 5.74) is 1.20. The first-order chi connectivity index (χ1) is 13.0. The number of urea groups is 1. The van der Waals surface area contributed by atoms with Crippen LogP contribution in [0.5, 0.6) is 0 Å². The number of imide groups is 1. The van der Waals surface area contributed by atoms with E-state index in [1.165, 1.54) is 0 Å². The SMILES string of the molecule is COCC1(CNC(=O)c2cccc(CN3C(=O)CNC3=O)c2)CCNCC1. The zero-order valence-electron chi connectivity index (χ0n) is 15.5. The van der Waals surface area contributed by atoms with Crippen LogP contribution >= 0.6 is 0 Å². The number of rotatable bonds is 7. The molecule has 0 atom stereocenters. The lowest BCUT2D eigenvalue weighted by molar-refractivity contribution is -0.125. The largest absolute Gasteiger partial charge is 0.384 e. The first-order valence-electron chi connectivity index (χ1n) is 9.18. The van der Waals surface area contributed by atoms with Gasteiger partial charge in [0, 0.05) is 24.6 Å². The number of ether oxygens (including phenoxy) is 1. The van der Waals surface area contributed by atoms with Crippen molar-refractivity contribution in [3.05, 3.63) is 35.4 Å². The van der Waals surface area contributed by atoms with Crippen molar-refractivity contribution in [3.63, 3.8) is 0 Å². The molecule has 0 aromatic heterocycles. The molecule has 1 aromatic rings. The fourth-order valence-electron chi connectivity index (χ4n) is 3.61. The van der Waals surface area contributed by atoms with Crippen LogP contribution in [0.25, 0.3) is 0 Å². The van der Waals surface area contributed by atoms with E-state index in [1.54, 1.807) is 31.4 Å². The van der Waals surface area contributed by atoms with Gasteiger partial charge in [-0.05, 0) is 43.6 Å². The predicted octanol–water partition coefficient (Wildman–Crippen LogP) is 0.484. The van der Waals surface area contributed by atoms with E-state index >= 15 is 0 Å². The Kier molecular flexibility index (Phi) is 6.08. The van der Waals surface area contributed by atoms with Crippen molar-refractivity contribution < 1.29 is 19.1 Å². The Morgan fingerprint density at radius 2 is 2.07 bits per heavy atom. The van der Waals surface area contributed by atoms with E-state index in [0.717, 1.165) is 36.4 Å². The van der Waals surface area contributed by atoms with Crippen LogP contribution in [0.3, 0.4) is 0 Å². The van der Waals surface area contributed by atoms with E-state index in [0.29, 0.717) is 18.7 Å². The van der Waals surface area contributed by atoms with Gasteiger partial charge in [0.15, 0.2) is 0 Å². The van der Waals surface area contributed by atoms with E-state index in [2.05, 4.69) is 16.0 Å². The number of carbonyl (C=O) groups excluding carboxylic acids is 3. The Morgan fingerprint density at radius 3 is 2.74 bits per heavy atom. The monoisotopic (exact) mass is 374 g/mol. The number of carbonyl (C=O) groups is 3. The fraction of sp³-hybridized carbons (Fsp3) is 0.526. The second-order valence-corrected chi connectivity index (χ2v) is 7.20. The van der Waals surface area contributed by atoms with Crippen LogP contribution in [0.4, 0.5) is 4.79 Å². The van der Waals surface area contributed by atoms with E-state index in [4.69, 9.17) is 4.74 Å². The molecule has 27 heavy (non-hydrogen) atoms. The Morgan fingerprint density at radius 1 is 1.30 bits per heavy atom. The van der Waals surface area contributed by atoms with E-state index in [9.17, 15) is 14.4 Å². The summed E-state index contributed by atoms with van der Waals surface area (Å²) in [5, 5.41) is 8.85. The molecule has 1 aromatic carbocycles. The molecule has 0 spiro atoms. The summed E-state index contributed by atoms with van der Waals surface area (Å²) in [6.07, 6.45) is 1.90. The lowest BCUT2D eigenvalue weighted by Gasteiger charge is -2.37. The minimum absolute atomic E-state index is 0.0233. The molecule has 0 aliphatic carbocycles. The smallest absolute Gasteiger partial charge is 0.324 e. The molecule has 2 saturated heterocycles. The van der Waals surface area contributed by atoms with Crippen LogP contribution in [0, 0.1) is 5.41 Å². The summed E-state index contributed by atoms with van der Waals surface area (Å²) in [5.74, 6) is -0.426. The summed E-state index contributed by atoms with van der Waals surface area (Å²) in [4.78, 5) is 37.2. The lowest BCUT2D eigenvalue weighted by Crippen LogP contribution is -2.47. The molecule has 146 valence electrons. The molecule has 0 saturated carbocycles. The molecule has 4 amide bonds. The first kappa shape index (κ1) is 19.3. The van der Waals surface area contributed by atoms with E-state index in [1.807, 2.05) is 0 Å². The van der Waals surface area contributed by atoms with Crippen LogP contribution in [0.1, 0.15) is 28.8 Å². The van der Waals surface area contributed by atoms with Crippen LogP contribution in [-0.4, -0.2) is 62.6 Å². The van der Waals surface area contributed by atoms with Crippen molar-refractivity contribution in [3.8, 4) is 0 Å². The van der Waals surface area contributed by atoms with Gasteiger partial charge >= 0.3 is 6.03 Å². The molecule has 2 aliphatic heterocycles. The Labute approximate surface area is 158 Å². The number of amides is 4. The maximum absolute atomic E-state index is 12.6. The molecule has 3 rings (SSSR count). The van der Waals surface area contributed by atoms with Crippen molar-refractivity contribution in [1.82, 2.24) is 20.9 Å². The van der Waals surface area contributed by atoms with Crippen LogP contribution in [0.15, 0.2) is 24.3 Å². The average molecular weight is 374 g/mol. The maximum atomic E-state index is 12.6. The summed E-state index contributed by atoms with van der Waals surface area (Å²) in [7, 11) is 1.69. The van der Waals surface area contributed by atoms with Crippen molar-refractivity contribution in [2.75, 3.05) is 39.9 Å². The van der Waals surface area contributed by atoms with Crippen LogP contribution < -0.4 is 16.0 Å². The number of nitrogens with zero attached hydrogens (tertiary/aromatic N) is 1. The van der Waals surface area contributed by atoms with Gasteiger partial charge in [-0.1, -0.05) is 12.1 Å². The Bertz CT molecular complexity index is 694. The molecule has 0 bridgehead atoms. The minimum atomic E-state index is -0.401. The number of benzene rings is 1. The number of methoxy groups -OCH3 is 1. The molecule has 2 aliphatic rings. The zero-order chi connectivity index (χ0) is 19.3. The molecule has 8 heteroatoms. The van der Waals surface area contributed by atoms with E-state index in [-0.39, 0.29) is 30.3 Å². The lowest BCUT2D eigenvalue weighted by atomic mass is 9.79. The highest BCUT2D eigenvalue weighted by molar-refractivity contribution is 6.02. The van der Waals surface area contributed by atoms with Gasteiger partial charge in [-0.3, -0.25) is 14.5 Å². The van der Waals surface area contributed by atoms with Gasteiger partial charge in [-0.15, -0.1) is 0 Å². The molecule has 0 unspecified atom stereocenters. The highest BCUT2D eigenvalue weighted by atomic mass is 16.5. The number of nitrogens with one attached hydrogen (secondary N) is 3. The van der Waals surface area contributed by atoms with Gasteiger partial charge in [-0.25, -0.2) is 4.79 Å². The number of hydrogen-bond acceptors (Lipinski definition) is 5. The molecule has 0 radical (unpaired) electrons. The standard InChI is InChI=1S/C19H26N4O4/c1-27-13-19(5-7-20-8-6-19)12-22-17(25)15-4-2-3-14(9-15)11-23-16(24)10-21-18(23)26/h2-4,9,20H,5-8,10-13H2,1H3,(H,21,26)(H,22,25). The minimum Gasteiger partial charge on any atom is -0.384 e. The second-order valence-electron chi connectivity index (χ2n) is 7.20. The van der Waals surface area contributed by atoms with Gasteiger partial charge in [-0.2, -0.15) is 0 Å². The summed E-state index contributed by atoms with van der Waals surface area (Å²) >= 11 is 0. The predicted molar refractivity (Wildman–Crippen MR) is 99.1 cm³/mol. The fourth-order valence-corrected chi connectivity index (χ4v) is 3.61. The van der Waals surface area contributed by atoms with Crippen molar-refractivity contribution in [2.24, 2.45) is 5.41 Å². The zero-order valence-corrected chi connectivity index (χ0v) is 15.5. The van der Waals surface area contributed by atoms with E-state index < -0.39 is 6.03 Å². The summed E-state index contributed by atoms with van der Waals surface area (Å²) in [6, 6.07) is 6.62. The number of hydrogen-bond donors (Lipinski definition) is 3. The maximum Gasteiger partial charge on any atom is 0.324 e. The second kappa shape index (κ2) is 8.49. The highest BCUT2D eigenvalue weighted by Gasteiger charge is 2.32. The average Bonchev–Trinajstić information content (AvgIpc) is 2.99. The molecule has 8 nitrogen and oxygen atoms in total. The third kappa shape index (κ3) is 4.64. The normalized spacial score (nSPS) is 19.1. The molecule has 3 N–H and O–H groups in total. The van der Waals surface area contributed by atoms with Crippen LogP contribution in [0.2, 0.25) is 0 Å². The van der Waals surface area contributed by atoms with Crippen LogP contribution in [-0.2, 0) is 16.1 Å². The van der Waals surface area contributed by atoms with Crippen molar-refractivity contribution in [1.29, 1.82) is 0 Å². The Balaban J connectivity index is 1.63. The van der Waals surface area contributed by atoms with Gasteiger partial charge in [0.05, 0.1) is 19.7 Å². The van der Waals surface area contributed by atoms with Gasteiger partial charge in [0.1, 0.15) is 0 Å². The highest BCUT2D eigenvalue weighted by Crippen LogP contribution is 2.28. The van der Waals surface area contributed by atoms with Gasteiger partial charge < -0.3 is 20.7 Å². The third-order valence-corrected chi connectivity index (χ3v) is 5.21. The molecular weight excluding hydrogens is 348 g/mol. The first-order valence-corrected chi connectivity index (χ1v) is 9.18. The van der Waals surface area contributed by atoms with Crippen molar-refractivity contribution in [2.45, 2.75) is 19.4 Å². The molecule has 2 heterocycles. The summed E-state index contributed by atoms with van der Waals surface area (Å²) in [6.45, 7) is 3.18. The van der Waals surface area contributed by atoms with Gasteiger partial charge in [0.25, 0.3) is 5.91 Å². The molecular formula is C19H26N4O4. The quantitative estimate of drug-likeness (QED) is 0.603. The third-order valence-electron chi connectivity index (χ3n) is 5.21.